The van der Waals surface area contributed by atoms with Crippen LogP contribution < -0.4 is 11.1 Å². The van der Waals surface area contributed by atoms with Gasteiger partial charge in [0.05, 0.1) is 0 Å². The summed E-state index contributed by atoms with van der Waals surface area (Å²) < 4.78 is 5.19. The normalized spacial score (nSPS) is 27.9. The minimum absolute atomic E-state index is 0.0640. The molecule has 6 heteroatoms. The topological polar surface area (TPSA) is 84.7 Å². The van der Waals surface area contributed by atoms with Gasteiger partial charge in [0.2, 0.25) is 11.8 Å². The van der Waals surface area contributed by atoms with E-state index in [0.717, 1.165) is 38.8 Å². The molecule has 1 aliphatic carbocycles. The van der Waals surface area contributed by atoms with E-state index >= 15 is 0 Å². The van der Waals surface area contributed by atoms with Crippen molar-refractivity contribution in [2.45, 2.75) is 81.7 Å². The number of carbonyl (C=O) groups is 2. The van der Waals surface area contributed by atoms with Gasteiger partial charge in [-0.3, -0.25) is 9.59 Å². The molecule has 3 atom stereocenters. The highest BCUT2D eigenvalue weighted by Gasteiger charge is 2.45. The minimum Gasteiger partial charge on any atom is -0.375 e. The van der Waals surface area contributed by atoms with Crippen LogP contribution in [0.2, 0.25) is 0 Å². The zero-order chi connectivity index (χ0) is 22.6. The van der Waals surface area contributed by atoms with Gasteiger partial charge in [0.25, 0.3) is 0 Å². The Labute approximate surface area is 192 Å². The van der Waals surface area contributed by atoms with Crippen molar-refractivity contribution >= 4 is 11.8 Å². The van der Waals surface area contributed by atoms with E-state index in [1.54, 1.807) is 13.2 Å². The van der Waals surface area contributed by atoms with Crippen LogP contribution in [0.1, 0.15) is 86.0 Å². The third-order valence-corrected chi connectivity index (χ3v) is 8.01. The molecule has 3 fully saturated rings. The Hall–Kier alpha value is -1.92. The van der Waals surface area contributed by atoms with Crippen molar-refractivity contribution in [3.63, 3.8) is 0 Å². The molecule has 6 nitrogen and oxygen atoms in total. The molecule has 1 aromatic rings. The highest BCUT2D eigenvalue weighted by atomic mass is 16.5. The van der Waals surface area contributed by atoms with E-state index in [1.165, 1.54) is 44.1 Å². The molecule has 0 radical (unpaired) electrons. The lowest BCUT2D eigenvalue weighted by molar-refractivity contribution is -0.136. The number of carbonyl (C=O) groups excluding carboxylic acids is 2. The standard InChI is InChI=1S/C26H39N3O3/c1-32-18-24(30)29(17-19-6-3-2-4-7-19)13-12-26-11-10-23(28-26)15-22(16-26)20-8-5-9-21(14-20)25(27)31/h5,8-9,14,19,22-23,28H,2-4,6-7,10-13,15-18H2,1H3,(H2,27,31). The average molecular weight is 442 g/mol. The number of primary amides is 1. The van der Waals surface area contributed by atoms with Crippen LogP contribution in [0, 0.1) is 5.92 Å². The van der Waals surface area contributed by atoms with E-state index in [9.17, 15) is 9.59 Å². The number of ether oxygens (including phenoxy) is 1. The van der Waals surface area contributed by atoms with Crippen molar-refractivity contribution in [1.29, 1.82) is 0 Å². The summed E-state index contributed by atoms with van der Waals surface area (Å²) in [6.07, 6.45) is 11.8. The molecule has 32 heavy (non-hydrogen) atoms. The molecule has 4 rings (SSSR count). The Kier molecular flexibility index (Phi) is 7.51. The lowest BCUT2D eigenvalue weighted by Gasteiger charge is -2.41. The van der Waals surface area contributed by atoms with Gasteiger partial charge in [-0.15, -0.1) is 0 Å². The summed E-state index contributed by atoms with van der Waals surface area (Å²) in [7, 11) is 1.60. The molecule has 2 heterocycles. The van der Waals surface area contributed by atoms with Crippen LogP contribution in [0.3, 0.4) is 0 Å². The summed E-state index contributed by atoms with van der Waals surface area (Å²) >= 11 is 0. The van der Waals surface area contributed by atoms with E-state index in [0.29, 0.717) is 23.4 Å². The number of piperidine rings is 1. The number of fused-ring (bicyclic) bond motifs is 2. The van der Waals surface area contributed by atoms with Crippen LogP contribution in [0.4, 0.5) is 0 Å². The van der Waals surface area contributed by atoms with E-state index in [-0.39, 0.29) is 24.0 Å². The summed E-state index contributed by atoms with van der Waals surface area (Å²) in [5, 5.41) is 3.91. The Bertz CT molecular complexity index is 807. The van der Waals surface area contributed by atoms with Gasteiger partial charge in [-0.25, -0.2) is 0 Å². The minimum atomic E-state index is -0.367. The number of methoxy groups -OCH3 is 1. The van der Waals surface area contributed by atoms with Crippen molar-refractivity contribution in [2.75, 3.05) is 26.8 Å². The summed E-state index contributed by atoms with van der Waals surface area (Å²) in [4.78, 5) is 26.5. The SMILES string of the molecule is COCC(=O)N(CCC12CCC(CC(c3cccc(C(N)=O)c3)C1)N2)CC1CCCCC1. The van der Waals surface area contributed by atoms with E-state index in [2.05, 4.69) is 16.3 Å². The maximum Gasteiger partial charge on any atom is 0.248 e. The first-order chi connectivity index (χ1) is 15.5. The van der Waals surface area contributed by atoms with Crippen molar-refractivity contribution in [1.82, 2.24) is 10.2 Å². The van der Waals surface area contributed by atoms with Crippen LogP contribution >= 0.6 is 0 Å². The number of nitrogens with one attached hydrogen (secondary N) is 1. The number of nitrogens with zero attached hydrogens (tertiary/aromatic N) is 1. The van der Waals surface area contributed by atoms with Crippen molar-refractivity contribution < 1.29 is 14.3 Å². The summed E-state index contributed by atoms with van der Waals surface area (Å²) in [5.74, 6) is 0.797. The monoisotopic (exact) mass is 441 g/mol. The number of nitrogens with two attached hydrogens (primary N) is 1. The molecule has 2 amide bonds. The summed E-state index contributed by atoms with van der Waals surface area (Å²) in [6.45, 7) is 1.82. The highest BCUT2D eigenvalue weighted by molar-refractivity contribution is 5.92. The Morgan fingerprint density at radius 2 is 2.03 bits per heavy atom. The van der Waals surface area contributed by atoms with Crippen molar-refractivity contribution in [2.24, 2.45) is 11.7 Å². The third-order valence-electron chi connectivity index (χ3n) is 8.01. The zero-order valence-electron chi connectivity index (χ0n) is 19.5. The van der Waals surface area contributed by atoms with E-state index < -0.39 is 0 Å². The predicted molar refractivity (Wildman–Crippen MR) is 125 cm³/mol. The van der Waals surface area contributed by atoms with Crippen molar-refractivity contribution in [3.8, 4) is 0 Å². The Balaban J connectivity index is 1.43. The van der Waals surface area contributed by atoms with Gasteiger partial charge in [0.1, 0.15) is 6.61 Å². The molecule has 2 bridgehead atoms. The molecular weight excluding hydrogens is 402 g/mol. The molecule has 176 valence electrons. The number of amides is 2. The molecule has 3 unspecified atom stereocenters. The highest BCUT2D eigenvalue weighted by Crippen LogP contribution is 2.45. The molecule has 0 aromatic heterocycles. The first-order valence-electron chi connectivity index (χ1n) is 12.4. The first-order valence-corrected chi connectivity index (χ1v) is 12.4. The fraction of sp³-hybridized carbons (Fsp3) is 0.692. The molecular formula is C26H39N3O3. The average Bonchev–Trinajstić information content (AvgIpc) is 3.11. The van der Waals surface area contributed by atoms with E-state index in [4.69, 9.17) is 10.5 Å². The van der Waals surface area contributed by atoms with Gasteiger partial charge in [0.15, 0.2) is 0 Å². The second kappa shape index (κ2) is 10.3. The number of hydrogen-bond donors (Lipinski definition) is 2. The van der Waals surface area contributed by atoms with Crippen molar-refractivity contribution in [3.05, 3.63) is 35.4 Å². The van der Waals surface area contributed by atoms with Gasteiger partial charge in [-0.1, -0.05) is 31.4 Å². The number of benzene rings is 1. The lowest BCUT2D eigenvalue weighted by atomic mass is 9.77. The molecule has 1 saturated carbocycles. The second-order valence-electron chi connectivity index (χ2n) is 10.3. The lowest BCUT2D eigenvalue weighted by Crippen LogP contribution is -2.51. The molecule has 0 spiro atoms. The van der Waals surface area contributed by atoms with Gasteiger partial charge in [-0.05, 0) is 74.5 Å². The molecule has 1 aromatic carbocycles. The maximum absolute atomic E-state index is 12.8. The Morgan fingerprint density at radius 1 is 1.22 bits per heavy atom. The van der Waals surface area contributed by atoms with Gasteiger partial charge < -0.3 is 20.7 Å². The smallest absolute Gasteiger partial charge is 0.248 e. The number of rotatable bonds is 9. The third kappa shape index (κ3) is 5.52. The fourth-order valence-electron chi connectivity index (χ4n) is 6.33. The van der Waals surface area contributed by atoms with Crippen LogP contribution in [-0.2, 0) is 9.53 Å². The van der Waals surface area contributed by atoms with Crippen LogP contribution in [0.15, 0.2) is 24.3 Å². The predicted octanol–water partition coefficient (Wildman–Crippen LogP) is 3.60. The molecule has 2 saturated heterocycles. The van der Waals surface area contributed by atoms with Crippen LogP contribution in [-0.4, -0.2) is 55.1 Å². The molecule has 2 aliphatic heterocycles. The van der Waals surface area contributed by atoms with Gasteiger partial charge in [0, 0.05) is 37.3 Å². The fourth-order valence-corrected chi connectivity index (χ4v) is 6.33. The summed E-state index contributed by atoms with van der Waals surface area (Å²) in [5.41, 5.74) is 7.39. The largest absolute Gasteiger partial charge is 0.375 e. The van der Waals surface area contributed by atoms with Crippen LogP contribution in [0.25, 0.3) is 0 Å². The van der Waals surface area contributed by atoms with Gasteiger partial charge >= 0.3 is 0 Å². The van der Waals surface area contributed by atoms with E-state index in [1.807, 2.05) is 12.1 Å². The van der Waals surface area contributed by atoms with Gasteiger partial charge in [-0.2, -0.15) is 0 Å². The quantitative estimate of drug-likeness (QED) is 0.613. The Morgan fingerprint density at radius 3 is 2.78 bits per heavy atom. The summed E-state index contributed by atoms with van der Waals surface area (Å²) in [6, 6.07) is 8.35. The maximum atomic E-state index is 12.8. The molecule has 3 aliphatic rings. The van der Waals surface area contributed by atoms with Crippen LogP contribution in [0.5, 0.6) is 0 Å². The number of hydrogen-bond acceptors (Lipinski definition) is 4. The first kappa shape index (κ1) is 23.2. The second-order valence-corrected chi connectivity index (χ2v) is 10.3. The zero-order valence-corrected chi connectivity index (χ0v) is 19.5. The molecule has 3 N–H and O–H groups in total.